The summed E-state index contributed by atoms with van der Waals surface area (Å²) in [5, 5.41) is 3.03. The van der Waals surface area contributed by atoms with Gasteiger partial charge in [-0.2, -0.15) is 0 Å². The second kappa shape index (κ2) is 6.84. The molecule has 0 radical (unpaired) electrons. The van der Waals surface area contributed by atoms with E-state index in [0.717, 1.165) is 0 Å². The topological polar surface area (TPSA) is 81.4 Å². The molecule has 0 unspecified atom stereocenters. The molecule has 0 saturated carbocycles. The van der Waals surface area contributed by atoms with Gasteiger partial charge in [0, 0.05) is 17.1 Å². The van der Waals surface area contributed by atoms with Crippen molar-refractivity contribution >= 4 is 23.4 Å². The highest BCUT2D eigenvalue weighted by molar-refractivity contribution is 6.30. The number of halogens is 2. The van der Waals surface area contributed by atoms with Crippen LogP contribution in [0.3, 0.4) is 0 Å². The number of rotatable bonds is 5. The number of hydrogen-bond donors (Lipinski definition) is 2. The van der Waals surface area contributed by atoms with Crippen molar-refractivity contribution in [1.82, 2.24) is 5.32 Å². The molecule has 0 bridgehead atoms. The zero-order valence-electron chi connectivity index (χ0n) is 13.1. The first-order valence-electron chi connectivity index (χ1n) is 7.40. The summed E-state index contributed by atoms with van der Waals surface area (Å²) in [7, 11) is 0. The summed E-state index contributed by atoms with van der Waals surface area (Å²) in [6, 6.07) is 4.24. The van der Waals surface area contributed by atoms with Crippen LogP contribution in [0.2, 0.25) is 5.02 Å². The zero-order chi connectivity index (χ0) is 17.2. The number of benzene rings is 1. The van der Waals surface area contributed by atoms with E-state index in [1.54, 1.807) is 19.9 Å². The van der Waals surface area contributed by atoms with Crippen LogP contribution in [0.5, 0.6) is 0 Å². The van der Waals surface area contributed by atoms with Gasteiger partial charge in [-0.1, -0.05) is 17.7 Å². The monoisotopic (exact) mass is 342 g/mol. The molecule has 3 N–H and O–H groups in total. The molecule has 0 spiro atoms. The third-order valence-corrected chi connectivity index (χ3v) is 4.32. The third-order valence-electron chi connectivity index (χ3n) is 4.09. The average molecular weight is 343 g/mol. The predicted octanol–water partition coefficient (Wildman–Crippen LogP) is 1.91. The van der Waals surface area contributed by atoms with Gasteiger partial charge >= 0.3 is 0 Å². The van der Waals surface area contributed by atoms with E-state index in [1.165, 1.54) is 12.1 Å². The Bertz CT molecular complexity index is 621. The molecule has 2 rings (SSSR count). The Morgan fingerprint density at radius 1 is 1.43 bits per heavy atom. The Morgan fingerprint density at radius 2 is 2.13 bits per heavy atom. The summed E-state index contributed by atoms with van der Waals surface area (Å²) in [4.78, 5) is 23.5. The Morgan fingerprint density at radius 3 is 2.70 bits per heavy atom. The molecule has 5 nitrogen and oxygen atoms in total. The van der Waals surface area contributed by atoms with Crippen molar-refractivity contribution in [3.8, 4) is 0 Å². The lowest BCUT2D eigenvalue weighted by Crippen LogP contribution is -2.43. The number of primary amides is 1. The van der Waals surface area contributed by atoms with Crippen LogP contribution >= 0.6 is 11.6 Å². The fourth-order valence-corrected chi connectivity index (χ4v) is 2.77. The van der Waals surface area contributed by atoms with Crippen LogP contribution in [0.15, 0.2) is 18.2 Å². The smallest absolute Gasteiger partial charge is 0.246 e. The van der Waals surface area contributed by atoms with Gasteiger partial charge < -0.3 is 15.8 Å². The van der Waals surface area contributed by atoms with Crippen molar-refractivity contribution in [3.05, 3.63) is 34.6 Å². The van der Waals surface area contributed by atoms with Crippen LogP contribution in [0, 0.1) is 5.82 Å². The van der Waals surface area contributed by atoms with Crippen molar-refractivity contribution < 1.29 is 18.7 Å². The van der Waals surface area contributed by atoms with Crippen LogP contribution in [0.4, 0.5) is 4.39 Å². The van der Waals surface area contributed by atoms with Gasteiger partial charge in [0.25, 0.3) is 0 Å². The van der Waals surface area contributed by atoms with Gasteiger partial charge in [-0.15, -0.1) is 0 Å². The summed E-state index contributed by atoms with van der Waals surface area (Å²) >= 11 is 5.74. The molecule has 7 heteroatoms. The van der Waals surface area contributed by atoms with Crippen molar-refractivity contribution in [2.75, 3.05) is 6.54 Å². The largest absolute Gasteiger partial charge is 0.367 e. The predicted molar refractivity (Wildman–Crippen MR) is 84.5 cm³/mol. The van der Waals surface area contributed by atoms with Gasteiger partial charge in [0.05, 0.1) is 11.5 Å². The molecule has 2 amide bonds. The SMILES string of the molecule is CC(C)(C(=O)NC[C@H]1CC[C@@H](C(N)=O)O1)c1ccc(Cl)cc1F. The van der Waals surface area contributed by atoms with E-state index in [0.29, 0.717) is 12.8 Å². The molecule has 1 heterocycles. The molecule has 1 aliphatic heterocycles. The number of nitrogens with two attached hydrogens (primary N) is 1. The number of ether oxygens (including phenoxy) is 1. The molecule has 23 heavy (non-hydrogen) atoms. The maximum atomic E-state index is 14.0. The molecule has 0 aliphatic carbocycles. The first-order valence-corrected chi connectivity index (χ1v) is 7.78. The van der Waals surface area contributed by atoms with Gasteiger partial charge in [0.2, 0.25) is 11.8 Å². The fourth-order valence-electron chi connectivity index (χ4n) is 2.61. The number of hydrogen-bond acceptors (Lipinski definition) is 3. The van der Waals surface area contributed by atoms with Crippen LogP contribution in [0.1, 0.15) is 32.3 Å². The Labute approximate surface area is 139 Å². The standard InChI is InChI=1S/C16H20ClFN2O3/c1-16(2,11-5-3-9(17)7-12(11)18)15(22)20-8-10-4-6-13(23-10)14(19)21/h3,5,7,10,13H,4,6,8H2,1-2H3,(H2,19,21)(H,20,22)/t10-,13+/m1/s1. The molecular formula is C16H20ClFN2O3. The first kappa shape index (κ1) is 17.7. The lowest BCUT2D eigenvalue weighted by molar-refractivity contribution is -0.129. The molecule has 126 valence electrons. The maximum absolute atomic E-state index is 14.0. The van der Waals surface area contributed by atoms with Crippen LogP contribution in [0.25, 0.3) is 0 Å². The molecule has 1 fully saturated rings. The van der Waals surface area contributed by atoms with Crippen LogP contribution < -0.4 is 11.1 Å². The number of amides is 2. The van der Waals surface area contributed by atoms with E-state index >= 15 is 0 Å². The Balaban J connectivity index is 1.98. The Hall–Kier alpha value is -1.66. The highest BCUT2D eigenvalue weighted by Crippen LogP contribution is 2.28. The molecule has 1 aromatic rings. The summed E-state index contributed by atoms with van der Waals surface area (Å²) < 4.78 is 19.5. The number of nitrogens with one attached hydrogen (secondary N) is 1. The van der Waals surface area contributed by atoms with Gasteiger partial charge in [0.15, 0.2) is 0 Å². The lowest BCUT2D eigenvalue weighted by atomic mass is 9.83. The van der Waals surface area contributed by atoms with Gasteiger partial charge in [-0.05, 0) is 38.8 Å². The second-order valence-corrected chi connectivity index (χ2v) is 6.62. The minimum Gasteiger partial charge on any atom is -0.367 e. The minimum absolute atomic E-state index is 0.251. The van der Waals surface area contributed by atoms with Gasteiger partial charge in [-0.25, -0.2) is 4.39 Å². The highest BCUT2D eigenvalue weighted by Gasteiger charge is 2.34. The van der Waals surface area contributed by atoms with Crippen LogP contribution in [-0.2, 0) is 19.7 Å². The summed E-state index contributed by atoms with van der Waals surface area (Å²) in [5.41, 5.74) is 4.39. The van der Waals surface area contributed by atoms with E-state index in [4.69, 9.17) is 22.1 Å². The van der Waals surface area contributed by atoms with Crippen molar-refractivity contribution in [2.24, 2.45) is 5.73 Å². The highest BCUT2D eigenvalue weighted by atomic mass is 35.5. The summed E-state index contributed by atoms with van der Waals surface area (Å²) in [6.07, 6.45) is 0.329. The molecule has 1 aliphatic rings. The van der Waals surface area contributed by atoms with Crippen molar-refractivity contribution in [3.63, 3.8) is 0 Å². The molecule has 0 aromatic heterocycles. The van der Waals surface area contributed by atoms with E-state index in [1.807, 2.05) is 0 Å². The second-order valence-electron chi connectivity index (χ2n) is 6.19. The van der Waals surface area contributed by atoms with Crippen molar-refractivity contribution in [2.45, 2.75) is 44.3 Å². The van der Waals surface area contributed by atoms with Gasteiger partial charge in [0.1, 0.15) is 11.9 Å². The number of carbonyl (C=O) groups excluding carboxylic acids is 2. The normalized spacial score (nSPS) is 21.2. The Kier molecular flexibility index (Phi) is 5.26. The van der Waals surface area contributed by atoms with E-state index < -0.39 is 23.2 Å². The maximum Gasteiger partial charge on any atom is 0.246 e. The zero-order valence-corrected chi connectivity index (χ0v) is 13.8. The number of carbonyl (C=O) groups is 2. The minimum atomic E-state index is -1.06. The fraction of sp³-hybridized carbons (Fsp3) is 0.500. The van der Waals surface area contributed by atoms with Gasteiger partial charge in [-0.3, -0.25) is 9.59 Å². The van der Waals surface area contributed by atoms with Crippen LogP contribution in [-0.4, -0.2) is 30.6 Å². The molecule has 1 saturated heterocycles. The summed E-state index contributed by atoms with van der Waals surface area (Å²) in [6.45, 7) is 3.52. The van der Waals surface area contributed by atoms with E-state index in [2.05, 4.69) is 5.32 Å². The van der Waals surface area contributed by atoms with E-state index in [-0.39, 0.29) is 29.1 Å². The lowest BCUT2D eigenvalue weighted by Gasteiger charge is -2.25. The van der Waals surface area contributed by atoms with E-state index in [9.17, 15) is 14.0 Å². The molecular weight excluding hydrogens is 323 g/mol. The summed E-state index contributed by atoms with van der Waals surface area (Å²) in [5.74, 6) is -1.35. The average Bonchev–Trinajstić information content (AvgIpc) is 2.93. The van der Waals surface area contributed by atoms with Crippen molar-refractivity contribution in [1.29, 1.82) is 0 Å². The quantitative estimate of drug-likeness (QED) is 0.857. The molecule has 2 atom stereocenters. The molecule has 1 aromatic carbocycles. The third kappa shape index (κ3) is 4.00. The first-order chi connectivity index (χ1) is 10.7.